The van der Waals surface area contributed by atoms with Crippen LogP contribution in [0, 0.1) is 13.8 Å². The molecule has 3 heterocycles. The number of hydrogen-bond acceptors (Lipinski definition) is 9. The van der Waals surface area contributed by atoms with E-state index in [1.807, 2.05) is 19.9 Å². The van der Waals surface area contributed by atoms with E-state index >= 15 is 0 Å². The Kier molecular flexibility index (Phi) is 11.3. The summed E-state index contributed by atoms with van der Waals surface area (Å²) < 4.78 is 40.3. The van der Waals surface area contributed by atoms with Crippen molar-refractivity contribution in [2.45, 2.75) is 69.0 Å². The molecule has 46 heavy (non-hydrogen) atoms. The maximum atomic E-state index is 13.7. The maximum Gasteiger partial charge on any atom is 0.316 e. The molecule has 0 saturated carbocycles. The summed E-state index contributed by atoms with van der Waals surface area (Å²) in [7, 11) is 2.30. The fourth-order valence-electron chi connectivity index (χ4n) is 7.09. The largest absolute Gasteiger partial charge is 0.497 e. The Morgan fingerprint density at radius 2 is 1.76 bits per heavy atom. The van der Waals surface area contributed by atoms with E-state index < -0.39 is 10.0 Å². The van der Waals surface area contributed by atoms with Gasteiger partial charge >= 0.3 is 6.01 Å². The van der Waals surface area contributed by atoms with Crippen LogP contribution in [0.3, 0.4) is 0 Å². The molecular weight excluding hydrogens is 600 g/mol. The Bertz CT molecular complexity index is 1520. The number of ether oxygens (including phenoxy) is 2. The van der Waals surface area contributed by atoms with Crippen LogP contribution >= 0.6 is 0 Å². The molecule has 2 aliphatic heterocycles. The number of hydrogen-bond donors (Lipinski definition) is 1. The molecule has 5 rings (SSSR count). The first-order valence-electron chi connectivity index (χ1n) is 16.4. The van der Waals surface area contributed by atoms with E-state index in [0.717, 1.165) is 64.0 Å². The van der Waals surface area contributed by atoms with Gasteiger partial charge in [-0.25, -0.2) is 13.4 Å². The van der Waals surface area contributed by atoms with Crippen molar-refractivity contribution in [2.24, 2.45) is 0 Å². The van der Waals surface area contributed by atoms with Crippen LogP contribution in [0.25, 0.3) is 0 Å². The summed E-state index contributed by atoms with van der Waals surface area (Å²) in [6, 6.07) is 16.3. The van der Waals surface area contributed by atoms with Crippen LogP contribution in [0.15, 0.2) is 59.6 Å². The molecule has 250 valence electrons. The minimum Gasteiger partial charge on any atom is -0.497 e. The Labute approximate surface area is 275 Å². The van der Waals surface area contributed by atoms with Gasteiger partial charge in [0, 0.05) is 37.9 Å². The van der Waals surface area contributed by atoms with Gasteiger partial charge in [-0.05, 0) is 108 Å². The first-order valence-corrected chi connectivity index (χ1v) is 17.9. The molecule has 11 heteroatoms. The van der Waals surface area contributed by atoms with Gasteiger partial charge in [-0.3, -0.25) is 4.90 Å². The molecule has 0 bridgehead atoms. The number of sulfonamides is 1. The van der Waals surface area contributed by atoms with E-state index in [0.29, 0.717) is 34.9 Å². The lowest BCUT2D eigenvalue weighted by Crippen LogP contribution is -2.50. The van der Waals surface area contributed by atoms with Gasteiger partial charge in [-0.15, -0.1) is 0 Å². The lowest BCUT2D eigenvalue weighted by molar-refractivity contribution is 0.0535. The van der Waals surface area contributed by atoms with Crippen LogP contribution in [0.2, 0.25) is 0 Å². The Morgan fingerprint density at radius 1 is 1.04 bits per heavy atom. The molecular formula is C35H50N6O4S. The standard InChI is InChI=1S/C35H50N6O4S/c1-27-23-32(44-5)24-28(2)33(27)46(42,43)41-20-9-13-31(41)26-45-34-37-18-14-30(38-34)25-36-17-10-19-40-21-15-35(16-22-40,39(3)4)29-11-7-6-8-12-29/h6-8,11-12,14,18,23-24,31,36H,9-10,13,15-17,19-22,25-26H2,1-5H3/t31-/m0/s1. The fraction of sp³-hybridized carbons (Fsp3) is 0.543. The van der Waals surface area contributed by atoms with Crippen molar-refractivity contribution in [1.82, 2.24) is 29.4 Å². The highest BCUT2D eigenvalue weighted by Crippen LogP contribution is 2.37. The van der Waals surface area contributed by atoms with E-state index in [-0.39, 0.29) is 24.2 Å². The summed E-state index contributed by atoms with van der Waals surface area (Å²) in [6.45, 7) is 9.08. The van der Waals surface area contributed by atoms with Gasteiger partial charge in [0.25, 0.3) is 0 Å². The highest BCUT2D eigenvalue weighted by molar-refractivity contribution is 7.89. The fourth-order valence-corrected chi connectivity index (χ4v) is 9.19. The first-order chi connectivity index (χ1) is 22.1. The molecule has 10 nitrogen and oxygen atoms in total. The molecule has 3 aromatic rings. The van der Waals surface area contributed by atoms with Crippen molar-refractivity contribution in [1.29, 1.82) is 0 Å². The molecule has 1 atom stereocenters. The highest BCUT2D eigenvalue weighted by Gasteiger charge is 2.39. The third-order valence-corrected chi connectivity index (χ3v) is 11.9. The van der Waals surface area contributed by atoms with E-state index in [1.165, 1.54) is 5.56 Å². The number of benzene rings is 2. The zero-order valence-corrected chi connectivity index (χ0v) is 28.9. The second-order valence-corrected chi connectivity index (χ2v) is 14.6. The van der Waals surface area contributed by atoms with Crippen LogP contribution in [-0.4, -0.2) is 99.1 Å². The van der Waals surface area contributed by atoms with E-state index in [9.17, 15) is 8.42 Å². The normalized spacial score (nSPS) is 19.0. The number of rotatable bonds is 14. The number of nitrogens with one attached hydrogen (secondary N) is 1. The summed E-state index contributed by atoms with van der Waals surface area (Å²) in [6.07, 6.45) is 6.54. The Hall–Kier alpha value is -3.09. The average molecular weight is 651 g/mol. The van der Waals surface area contributed by atoms with E-state index in [4.69, 9.17) is 9.47 Å². The van der Waals surface area contributed by atoms with Gasteiger partial charge in [-0.2, -0.15) is 9.29 Å². The zero-order chi connectivity index (χ0) is 32.7. The second kappa shape index (κ2) is 15.2. The maximum absolute atomic E-state index is 13.7. The number of methoxy groups -OCH3 is 1. The van der Waals surface area contributed by atoms with Crippen LogP contribution in [0.4, 0.5) is 0 Å². The van der Waals surface area contributed by atoms with E-state index in [1.54, 1.807) is 29.7 Å². The monoisotopic (exact) mass is 650 g/mol. The van der Waals surface area contributed by atoms with Crippen molar-refractivity contribution in [3.8, 4) is 11.8 Å². The van der Waals surface area contributed by atoms with Gasteiger partial charge in [0.1, 0.15) is 12.4 Å². The molecule has 1 aromatic heterocycles. The van der Waals surface area contributed by atoms with Crippen molar-refractivity contribution >= 4 is 10.0 Å². The van der Waals surface area contributed by atoms with Gasteiger partial charge in [-0.1, -0.05) is 30.3 Å². The minimum atomic E-state index is -3.69. The van der Waals surface area contributed by atoms with Gasteiger partial charge < -0.3 is 19.7 Å². The van der Waals surface area contributed by atoms with Crippen LogP contribution < -0.4 is 14.8 Å². The molecule has 2 aromatic carbocycles. The van der Waals surface area contributed by atoms with Crippen molar-refractivity contribution in [2.75, 3.05) is 60.5 Å². The SMILES string of the molecule is COc1cc(C)c(S(=O)(=O)N2CCC[C@H]2COc2nccc(CNCCCN3CCC(c4ccccc4)(N(C)C)CC3)n2)c(C)c1. The summed E-state index contributed by atoms with van der Waals surface area (Å²) in [5.41, 5.74) is 3.73. The zero-order valence-electron chi connectivity index (χ0n) is 28.0. The molecule has 2 saturated heterocycles. The van der Waals surface area contributed by atoms with Gasteiger partial charge in [0.2, 0.25) is 10.0 Å². The van der Waals surface area contributed by atoms with E-state index in [2.05, 4.69) is 69.5 Å². The minimum absolute atomic E-state index is 0.113. The predicted molar refractivity (Wildman–Crippen MR) is 181 cm³/mol. The van der Waals surface area contributed by atoms with Crippen LogP contribution in [0.1, 0.15) is 54.5 Å². The van der Waals surface area contributed by atoms with Crippen molar-refractivity contribution < 1.29 is 17.9 Å². The van der Waals surface area contributed by atoms with Gasteiger partial charge in [0.15, 0.2) is 0 Å². The van der Waals surface area contributed by atoms with Gasteiger partial charge in [0.05, 0.1) is 23.7 Å². The quantitative estimate of drug-likeness (QED) is 0.255. The Balaban J connectivity index is 1.07. The third-order valence-electron chi connectivity index (χ3n) is 9.64. The smallest absolute Gasteiger partial charge is 0.316 e. The molecule has 0 spiro atoms. The molecule has 1 N–H and O–H groups in total. The Morgan fingerprint density at radius 3 is 2.43 bits per heavy atom. The molecule has 0 unspecified atom stereocenters. The number of nitrogens with zero attached hydrogens (tertiary/aromatic N) is 5. The number of aryl methyl sites for hydroxylation is 2. The summed E-state index contributed by atoms with van der Waals surface area (Å²) in [5, 5.41) is 3.51. The third kappa shape index (κ3) is 7.71. The molecule has 2 aliphatic rings. The summed E-state index contributed by atoms with van der Waals surface area (Å²) in [5.74, 6) is 0.652. The predicted octanol–water partition coefficient (Wildman–Crippen LogP) is 4.37. The van der Waals surface area contributed by atoms with Crippen LogP contribution in [-0.2, 0) is 22.1 Å². The first kappa shape index (κ1) is 34.3. The second-order valence-electron chi connectivity index (χ2n) is 12.8. The average Bonchev–Trinajstić information content (AvgIpc) is 3.54. The lowest BCUT2D eigenvalue weighted by Gasteiger charge is -2.46. The number of aromatic nitrogens is 2. The highest BCUT2D eigenvalue weighted by atomic mass is 32.2. The number of likely N-dealkylation sites (tertiary alicyclic amines) is 1. The molecule has 2 fully saturated rings. The summed E-state index contributed by atoms with van der Waals surface area (Å²) in [4.78, 5) is 14.2. The molecule has 0 amide bonds. The van der Waals surface area contributed by atoms with Crippen molar-refractivity contribution in [3.05, 3.63) is 77.1 Å². The summed E-state index contributed by atoms with van der Waals surface area (Å²) >= 11 is 0. The topological polar surface area (TPSA) is 100 Å². The van der Waals surface area contributed by atoms with Crippen LogP contribution in [0.5, 0.6) is 11.8 Å². The number of piperidine rings is 1. The lowest BCUT2D eigenvalue weighted by atomic mass is 9.80. The molecule has 0 aliphatic carbocycles. The molecule has 0 radical (unpaired) electrons. The van der Waals surface area contributed by atoms with Crippen molar-refractivity contribution in [3.63, 3.8) is 0 Å².